The summed E-state index contributed by atoms with van der Waals surface area (Å²) in [6.45, 7) is 2.59. The Hall–Kier alpha value is -2.52. The van der Waals surface area contributed by atoms with Crippen LogP contribution >= 0.6 is 11.3 Å². The van der Waals surface area contributed by atoms with Gasteiger partial charge in [0, 0.05) is 13.6 Å². The second-order valence-electron chi connectivity index (χ2n) is 4.58. The number of carbonyl (C=O) groups excluding carboxylic acids is 1. The highest BCUT2D eigenvalue weighted by Crippen LogP contribution is 2.35. The summed E-state index contributed by atoms with van der Waals surface area (Å²) in [5.74, 6) is -0.294. The number of rotatable bonds is 4. The number of nitrogen functional groups attached to an aromatic ring is 1. The molecule has 0 saturated carbocycles. The minimum atomic E-state index is -0.294. The first kappa shape index (κ1) is 14.9. The molecule has 0 radical (unpaired) electrons. The Morgan fingerprint density at radius 3 is 2.86 bits per heavy atom. The summed E-state index contributed by atoms with van der Waals surface area (Å²) in [7, 11) is 1.54. The SMILES string of the molecule is CNC(=O)c1c(NCc2cccc(C)c2)sc(C#N)c1N. The van der Waals surface area contributed by atoms with E-state index in [4.69, 9.17) is 11.0 Å². The molecule has 5 nitrogen and oxygen atoms in total. The molecule has 0 aliphatic carbocycles. The van der Waals surface area contributed by atoms with E-state index in [9.17, 15) is 4.79 Å². The van der Waals surface area contributed by atoms with Crippen LogP contribution in [0.15, 0.2) is 24.3 Å². The lowest BCUT2D eigenvalue weighted by molar-refractivity contribution is 0.0965. The number of hydrogen-bond donors (Lipinski definition) is 3. The molecule has 0 saturated heterocycles. The summed E-state index contributed by atoms with van der Waals surface area (Å²) in [5, 5.41) is 15.4. The van der Waals surface area contributed by atoms with Gasteiger partial charge in [0.25, 0.3) is 5.91 Å². The van der Waals surface area contributed by atoms with E-state index in [0.29, 0.717) is 22.0 Å². The first-order valence-electron chi connectivity index (χ1n) is 6.40. The Kier molecular flexibility index (Phi) is 4.45. The summed E-state index contributed by atoms with van der Waals surface area (Å²) >= 11 is 1.20. The molecule has 21 heavy (non-hydrogen) atoms. The molecular formula is C15H16N4OS. The van der Waals surface area contributed by atoms with Crippen molar-refractivity contribution in [3.8, 4) is 6.07 Å². The van der Waals surface area contributed by atoms with E-state index in [1.54, 1.807) is 0 Å². The third kappa shape index (κ3) is 3.15. The zero-order valence-corrected chi connectivity index (χ0v) is 12.7. The van der Waals surface area contributed by atoms with E-state index in [0.717, 1.165) is 5.56 Å². The van der Waals surface area contributed by atoms with Gasteiger partial charge in [-0.1, -0.05) is 29.8 Å². The molecular weight excluding hydrogens is 284 g/mol. The van der Waals surface area contributed by atoms with E-state index in [1.165, 1.54) is 23.9 Å². The van der Waals surface area contributed by atoms with Crippen LogP contribution in [0, 0.1) is 18.3 Å². The van der Waals surface area contributed by atoms with Crippen LogP contribution in [0.2, 0.25) is 0 Å². The molecule has 1 aromatic heterocycles. The van der Waals surface area contributed by atoms with Gasteiger partial charge in [-0.25, -0.2) is 0 Å². The fourth-order valence-corrected chi connectivity index (χ4v) is 2.92. The number of nitrogens with two attached hydrogens (primary N) is 1. The van der Waals surface area contributed by atoms with Crippen LogP contribution in [0.25, 0.3) is 0 Å². The van der Waals surface area contributed by atoms with Crippen molar-refractivity contribution in [2.75, 3.05) is 18.1 Å². The molecule has 0 unspecified atom stereocenters. The molecule has 0 bridgehead atoms. The molecule has 0 spiro atoms. The Bertz CT molecular complexity index is 715. The van der Waals surface area contributed by atoms with Gasteiger partial charge in [-0.3, -0.25) is 4.79 Å². The standard InChI is InChI=1S/C15H16N4OS/c1-9-4-3-5-10(6-9)8-19-15-12(14(20)18-2)13(17)11(7-16)21-15/h3-6,19H,8,17H2,1-2H3,(H,18,20). The van der Waals surface area contributed by atoms with Crippen LogP contribution in [-0.4, -0.2) is 13.0 Å². The number of anilines is 2. The monoisotopic (exact) mass is 300 g/mol. The number of nitrogens with one attached hydrogen (secondary N) is 2. The highest BCUT2D eigenvalue weighted by molar-refractivity contribution is 7.17. The highest BCUT2D eigenvalue weighted by Gasteiger charge is 2.21. The minimum absolute atomic E-state index is 0.230. The van der Waals surface area contributed by atoms with Gasteiger partial charge in [-0.15, -0.1) is 11.3 Å². The Labute approximate surface area is 127 Å². The van der Waals surface area contributed by atoms with Crippen molar-refractivity contribution < 1.29 is 4.79 Å². The fourth-order valence-electron chi connectivity index (χ4n) is 2.01. The first-order valence-corrected chi connectivity index (χ1v) is 7.22. The maximum absolute atomic E-state index is 11.9. The third-order valence-corrected chi connectivity index (χ3v) is 4.10. The number of benzene rings is 1. The van der Waals surface area contributed by atoms with E-state index < -0.39 is 0 Å². The molecule has 0 aliphatic rings. The zero-order valence-electron chi connectivity index (χ0n) is 11.9. The van der Waals surface area contributed by atoms with Crippen molar-refractivity contribution in [3.05, 3.63) is 45.8 Å². The summed E-state index contributed by atoms with van der Waals surface area (Å²) < 4.78 is 0. The highest BCUT2D eigenvalue weighted by atomic mass is 32.1. The van der Waals surface area contributed by atoms with Crippen LogP contribution in [0.4, 0.5) is 10.7 Å². The lowest BCUT2D eigenvalue weighted by Gasteiger charge is -2.08. The average molecular weight is 300 g/mol. The second-order valence-corrected chi connectivity index (χ2v) is 5.60. The predicted octanol–water partition coefficient (Wildman–Crippen LogP) is 2.48. The molecule has 1 amide bonds. The zero-order chi connectivity index (χ0) is 15.4. The number of thiophene rings is 1. The van der Waals surface area contributed by atoms with Crippen molar-refractivity contribution in [1.82, 2.24) is 5.32 Å². The Morgan fingerprint density at radius 2 is 2.24 bits per heavy atom. The van der Waals surface area contributed by atoms with Crippen LogP contribution in [0.5, 0.6) is 0 Å². The quantitative estimate of drug-likeness (QED) is 0.809. The van der Waals surface area contributed by atoms with Gasteiger partial charge in [-0.05, 0) is 12.5 Å². The van der Waals surface area contributed by atoms with Gasteiger partial charge in [0.1, 0.15) is 15.9 Å². The molecule has 0 atom stereocenters. The smallest absolute Gasteiger partial charge is 0.256 e. The third-order valence-electron chi connectivity index (χ3n) is 3.04. The Balaban J connectivity index is 2.27. The van der Waals surface area contributed by atoms with Crippen LogP contribution in [0.3, 0.4) is 0 Å². The molecule has 1 heterocycles. The molecule has 0 aliphatic heterocycles. The second kappa shape index (κ2) is 6.29. The van der Waals surface area contributed by atoms with E-state index >= 15 is 0 Å². The fraction of sp³-hybridized carbons (Fsp3) is 0.200. The van der Waals surface area contributed by atoms with Crippen molar-refractivity contribution >= 4 is 27.9 Å². The predicted molar refractivity (Wildman–Crippen MR) is 85.3 cm³/mol. The summed E-state index contributed by atoms with van der Waals surface area (Å²) in [6.07, 6.45) is 0. The maximum Gasteiger partial charge on any atom is 0.256 e. The van der Waals surface area contributed by atoms with E-state index in [-0.39, 0.29) is 11.6 Å². The largest absolute Gasteiger partial charge is 0.396 e. The van der Waals surface area contributed by atoms with Gasteiger partial charge in [0.05, 0.1) is 11.3 Å². The molecule has 1 aromatic carbocycles. The van der Waals surface area contributed by atoms with Crippen molar-refractivity contribution in [2.45, 2.75) is 13.5 Å². The normalized spacial score (nSPS) is 9.95. The number of carbonyl (C=O) groups is 1. The summed E-state index contributed by atoms with van der Waals surface area (Å²) in [4.78, 5) is 12.3. The van der Waals surface area contributed by atoms with E-state index in [2.05, 4.69) is 16.7 Å². The molecule has 108 valence electrons. The minimum Gasteiger partial charge on any atom is -0.396 e. The lowest BCUT2D eigenvalue weighted by Crippen LogP contribution is -2.20. The number of nitriles is 1. The van der Waals surface area contributed by atoms with Gasteiger partial charge in [0.2, 0.25) is 0 Å². The number of amides is 1. The van der Waals surface area contributed by atoms with Crippen molar-refractivity contribution in [1.29, 1.82) is 5.26 Å². The molecule has 0 fully saturated rings. The number of nitrogens with zero attached hydrogens (tertiary/aromatic N) is 1. The number of aryl methyl sites for hydroxylation is 1. The van der Waals surface area contributed by atoms with Crippen molar-refractivity contribution in [3.63, 3.8) is 0 Å². The molecule has 6 heteroatoms. The van der Waals surface area contributed by atoms with Gasteiger partial charge >= 0.3 is 0 Å². The van der Waals surface area contributed by atoms with E-state index in [1.807, 2.05) is 31.2 Å². The van der Waals surface area contributed by atoms with Crippen LogP contribution < -0.4 is 16.4 Å². The Morgan fingerprint density at radius 1 is 1.48 bits per heavy atom. The van der Waals surface area contributed by atoms with Gasteiger partial charge in [-0.2, -0.15) is 5.26 Å². The summed E-state index contributed by atoms with van der Waals surface area (Å²) in [6, 6.07) is 10.1. The molecule has 2 aromatic rings. The van der Waals surface area contributed by atoms with Gasteiger partial charge in [0.15, 0.2) is 0 Å². The lowest BCUT2D eigenvalue weighted by atomic mass is 10.1. The average Bonchev–Trinajstić information content (AvgIpc) is 2.80. The molecule has 2 rings (SSSR count). The number of hydrogen-bond acceptors (Lipinski definition) is 5. The van der Waals surface area contributed by atoms with Crippen molar-refractivity contribution in [2.24, 2.45) is 0 Å². The van der Waals surface area contributed by atoms with Gasteiger partial charge < -0.3 is 16.4 Å². The topological polar surface area (TPSA) is 90.9 Å². The van der Waals surface area contributed by atoms with Crippen LogP contribution in [-0.2, 0) is 6.54 Å². The maximum atomic E-state index is 11.9. The molecule has 4 N–H and O–H groups in total. The summed E-state index contributed by atoms with van der Waals surface area (Å²) in [5.41, 5.74) is 8.71. The van der Waals surface area contributed by atoms with Crippen LogP contribution in [0.1, 0.15) is 26.4 Å². The first-order chi connectivity index (χ1) is 10.1.